The number of rotatable bonds is 8. The van der Waals surface area contributed by atoms with E-state index >= 15 is 0 Å². The monoisotopic (exact) mass is 431 g/mol. The Labute approximate surface area is 190 Å². The Balaban J connectivity index is 1.73. The maximum absolute atomic E-state index is 12.4. The van der Waals surface area contributed by atoms with Gasteiger partial charge in [-0.2, -0.15) is 0 Å². The fraction of sp³-hybridized carbons (Fsp3) is 0.500. The zero-order valence-corrected chi connectivity index (χ0v) is 19.6. The van der Waals surface area contributed by atoms with E-state index in [-0.39, 0.29) is 0 Å². The number of aliphatic imine (C=N–C) groups is 1. The molecule has 1 N–H and O–H groups in total. The van der Waals surface area contributed by atoms with E-state index in [1.165, 1.54) is 12.8 Å². The predicted octanol–water partition coefficient (Wildman–Crippen LogP) is 5.51. The number of anilines is 2. The average Bonchev–Trinajstić information content (AvgIpc) is 3.61. The molecule has 32 heavy (non-hydrogen) atoms. The molecule has 0 amide bonds. The predicted molar refractivity (Wildman–Crippen MR) is 131 cm³/mol. The van der Waals surface area contributed by atoms with Gasteiger partial charge in [0.05, 0.1) is 23.3 Å². The van der Waals surface area contributed by atoms with Gasteiger partial charge in [0.25, 0.3) is 0 Å². The third-order valence-corrected chi connectivity index (χ3v) is 6.51. The molecule has 1 atom stereocenters. The number of hydrogen-bond donors (Lipinski definition) is 1. The SMILES string of the molecule is CC/C=N\c1ccc(N2Cc3cnc(NCC4CC4)nc3C(C)(CCC)C2=C=O)cc1C. The molecule has 1 aliphatic heterocycles. The van der Waals surface area contributed by atoms with Gasteiger partial charge in [-0.05, 0) is 69.2 Å². The molecule has 168 valence electrons. The molecular weight excluding hydrogens is 398 g/mol. The number of aryl methyl sites for hydroxylation is 1. The average molecular weight is 432 g/mol. The van der Waals surface area contributed by atoms with Crippen LogP contribution in [0.5, 0.6) is 0 Å². The highest BCUT2D eigenvalue weighted by Crippen LogP contribution is 2.45. The van der Waals surface area contributed by atoms with Crippen LogP contribution in [-0.4, -0.2) is 28.7 Å². The minimum absolute atomic E-state index is 0.518. The highest BCUT2D eigenvalue weighted by molar-refractivity contribution is 5.73. The molecule has 1 saturated carbocycles. The maximum Gasteiger partial charge on any atom is 0.222 e. The summed E-state index contributed by atoms with van der Waals surface area (Å²) in [7, 11) is 0. The summed E-state index contributed by atoms with van der Waals surface area (Å²) in [4.78, 5) is 28.5. The maximum atomic E-state index is 12.4. The summed E-state index contributed by atoms with van der Waals surface area (Å²) in [5, 5.41) is 3.39. The lowest BCUT2D eigenvalue weighted by atomic mass is 9.74. The second-order valence-corrected chi connectivity index (χ2v) is 9.20. The van der Waals surface area contributed by atoms with Crippen LogP contribution >= 0.6 is 0 Å². The lowest BCUT2D eigenvalue weighted by Crippen LogP contribution is -2.43. The molecule has 2 heterocycles. The van der Waals surface area contributed by atoms with Crippen molar-refractivity contribution in [1.82, 2.24) is 9.97 Å². The van der Waals surface area contributed by atoms with Gasteiger partial charge in [-0.25, -0.2) is 14.8 Å². The third kappa shape index (κ3) is 4.33. The molecular formula is C26H33N5O. The first kappa shape index (κ1) is 22.2. The summed E-state index contributed by atoms with van der Waals surface area (Å²) in [6.45, 7) is 9.86. The summed E-state index contributed by atoms with van der Waals surface area (Å²) in [6.07, 6.45) is 9.05. The molecule has 1 unspecified atom stereocenters. The van der Waals surface area contributed by atoms with Crippen molar-refractivity contribution in [3.63, 3.8) is 0 Å². The van der Waals surface area contributed by atoms with Crippen LogP contribution in [0.1, 0.15) is 69.7 Å². The van der Waals surface area contributed by atoms with E-state index in [0.717, 1.165) is 59.9 Å². The van der Waals surface area contributed by atoms with E-state index in [2.05, 4.69) is 59.9 Å². The second-order valence-electron chi connectivity index (χ2n) is 9.20. The fourth-order valence-electron chi connectivity index (χ4n) is 4.57. The Kier molecular flexibility index (Phi) is 6.43. The zero-order chi connectivity index (χ0) is 22.7. The molecule has 1 aromatic heterocycles. The first-order valence-corrected chi connectivity index (χ1v) is 11.8. The molecule has 0 spiro atoms. The van der Waals surface area contributed by atoms with Crippen molar-refractivity contribution in [1.29, 1.82) is 0 Å². The molecule has 0 radical (unpaired) electrons. The number of benzene rings is 1. The quantitative estimate of drug-likeness (QED) is 0.441. The number of aromatic nitrogens is 2. The van der Waals surface area contributed by atoms with E-state index in [4.69, 9.17) is 4.98 Å². The minimum Gasteiger partial charge on any atom is -0.354 e. The van der Waals surface area contributed by atoms with Crippen LogP contribution in [0.3, 0.4) is 0 Å². The van der Waals surface area contributed by atoms with Crippen LogP contribution in [0.25, 0.3) is 0 Å². The van der Waals surface area contributed by atoms with Crippen molar-refractivity contribution >= 4 is 29.5 Å². The largest absolute Gasteiger partial charge is 0.354 e. The van der Waals surface area contributed by atoms with E-state index in [1.807, 2.05) is 24.5 Å². The highest BCUT2D eigenvalue weighted by atomic mass is 16.1. The first-order valence-electron chi connectivity index (χ1n) is 11.8. The fourth-order valence-corrected chi connectivity index (χ4v) is 4.57. The highest BCUT2D eigenvalue weighted by Gasteiger charge is 2.43. The molecule has 1 aliphatic carbocycles. The summed E-state index contributed by atoms with van der Waals surface area (Å²) >= 11 is 0. The van der Waals surface area contributed by atoms with Crippen molar-refractivity contribution in [3.05, 3.63) is 46.9 Å². The van der Waals surface area contributed by atoms with Crippen LogP contribution in [0.4, 0.5) is 17.3 Å². The number of fused-ring (bicyclic) bond motifs is 1. The zero-order valence-electron chi connectivity index (χ0n) is 19.6. The van der Waals surface area contributed by atoms with Crippen LogP contribution < -0.4 is 10.2 Å². The lowest BCUT2D eigenvalue weighted by Gasteiger charge is -2.42. The Bertz CT molecular complexity index is 1070. The summed E-state index contributed by atoms with van der Waals surface area (Å²) in [5.41, 5.74) is 5.14. The van der Waals surface area contributed by atoms with Crippen LogP contribution in [-0.2, 0) is 16.8 Å². The molecule has 2 aromatic rings. The van der Waals surface area contributed by atoms with E-state index in [1.54, 1.807) is 0 Å². The summed E-state index contributed by atoms with van der Waals surface area (Å²) < 4.78 is 0. The lowest BCUT2D eigenvalue weighted by molar-refractivity contribution is 0.445. The van der Waals surface area contributed by atoms with Gasteiger partial charge in [-0.3, -0.25) is 4.99 Å². The van der Waals surface area contributed by atoms with Gasteiger partial charge in [0.15, 0.2) is 0 Å². The number of hydrogen-bond acceptors (Lipinski definition) is 6. The molecule has 0 bridgehead atoms. The smallest absolute Gasteiger partial charge is 0.222 e. The van der Waals surface area contributed by atoms with Crippen LogP contribution in [0, 0.1) is 12.8 Å². The Morgan fingerprint density at radius 1 is 1.34 bits per heavy atom. The molecule has 6 nitrogen and oxygen atoms in total. The topological polar surface area (TPSA) is 70.5 Å². The van der Waals surface area contributed by atoms with E-state index in [0.29, 0.717) is 18.2 Å². The molecule has 6 heteroatoms. The third-order valence-electron chi connectivity index (χ3n) is 6.51. The number of nitrogens with one attached hydrogen (secondary N) is 1. The minimum atomic E-state index is -0.518. The van der Waals surface area contributed by atoms with Crippen molar-refractivity contribution in [2.24, 2.45) is 10.9 Å². The van der Waals surface area contributed by atoms with Crippen molar-refractivity contribution in [2.45, 2.75) is 71.8 Å². The Morgan fingerprint density at radius 2 is 2.16 bits per heavy atom. The van der Waals surface area contributed by atoms with Gasteiger partial charge in [0, 0.05) is 30.2 Å². The van der Waals surface area contributed by atoms with Crippen LogP contribution in [0.15, 0.2) is 35.1 Å². The van der Waals surface area contributed by atoms with E-state index in [9.17, 15) is 4.79 Å². The summed E-state index contributed by atoms with van der Waals surface area (Å²) in [5.74, 6) is 3.70. The van der Waals surface area contributed by atoms with Crippen molar-refractivity contribution < 1.29 is 4.79 Å². The molecule has 4 rings (SSSR count). The van der Waals surface area contributed by atoms with Gasteiger partial charge in [-0.1, -0.05) is 20.3 Å². The number of allylic oxidation sites excluding steroid dienone is 1. The first-order chi connectivity index (χ1) is 15.5. The van der Waals surface area contributed by atoms with Gasteiger partial charge < -0.3 is 10.2 Å². The standard InChI is InChI=1S/C26H33N5O/c1-5-11-26(4)23(17-32)31(21-9-10-22(18(3)13-21)27-12-6-2)16-20-15-29-25(30-24(20)26)28-14-19-7-8-19/h9-10,12-13,15,19H,5-8,11,14,16H2,1-4H3,(H,28,29,30)/b27-12-. The van der Waals surface area contributed by atoms with E-state index < -0.39 is 5.41 Å². The van der Waals surface area contributed by atoms with Gasteiger partial charge in [0.1, 0.15) is 11.6 Å². The normalized spacial score (nSPS) is 20.4. The molecule has 2 aliphatic rings. The number of carbonyl (C=O) groups excluding carboxylic acids is 1. The summed E-state index contributed by atoms with van der Waals surface area (Å²) in [6, 6.07) is 6.16. The van der Waals surface area contributed by atoms with Gasteiger partial charge >= 0.3 is 0 Å². The number of nitrogens with zero attached hydrogens (tertiary/aromatic N) is 4. The van der Waals surface area contributed by atoms with Gasteiger partial charge in [0.2, 0.25) is 5.95 Å². The van der Waals surface area contributed by atoms with Crippen molar-refractivity contribution in [3.8, 4) is 0 Å². The molecule has 1 fully saturated rings. The molecule has 0 saturated heterocycles. The Hall–Kier alpha value is -2.98. The van der Waals surface area contributed by atoms with Gasteiger partial charge in [-0.15, -0.1) is 0 Å². The van der Waals surface area contributed by atoms with Crippen LogP contribution in [0.2, 0.25) is 0 Å². The Morgan fingerprint density at radius 3 is 2.81 bits per heavy atom. The van der Waals surface area contributed by atoms with Crippen molar-refractivity contribution in [2.75, 3.05) is 16.8 Å². The molecule has 1 aromatic carbocycles. The second kappa shape index (κ2) is 9.25.